The van der Waals surface area contributed by atoms with Crippen LogP contribution in [0.3, 0.4) is 0 Å². The Morgan fingerprint density at radius 1 is 1.23 bits per heavy atom. The van der Waals surface area contributed by atoms with Gasteiger partial charge in [0.1, 0.15) is 19.0 Å². The quantitative estimate of drug-likeness (QED) is 0.586. The molecule has 2 aliphatic heterocycles. The molecule has 1 N–H and O–H groups in total. The molecule has 6 nitrogen and oxygen atoms in total. The van der Waals surface area contributed by atoms with Gasteiger partial charge in [-0.15, -0.1) is 0 Å². The molecule has 1 atom stereocenters. The Labute approximate surface area is 179 Å². The highest BCUT2D eigenvalue weighted by atomic mass is 32.1. The molecule has 0 saturated heterocycles. The topological polar surface area (TPSA) is 60.0 Å². The average Bonchev–Trinajstić information content (AvgIpc) is 2.73. The zero-order chi connectivity index (χ0) is 21.3. The smallest absolute Gasteiger partial charge is 0.338 e. The van der Waals surface area contributed by atoms with Crippen LogP contribution in [-0.4, -0.2) is 30.9 Å². The van der Waals surface area contributed by atoms with E-state index in [0.717, 1.165) is 0 Å². The zero-order valence-corrected chi connectivity index (χ0v) is 17.4. The van der Waals surface area contributed by atoms with Crippen molar-refractivity contribution in [1.82, 2.24) is 5.32 Å². The fourth-order valence-electron chi connectivity index (χ4n) is 3.64. The van der Waals surface area contributed by atoms with E-state index < -0.39 is 17.8 Å². The number of halogens is 1. The van der Waals surface area contributed by atoms with E-state index >= 15 is 0 Å². The van der Waals surface area contributed by atoms with Crippen molar-refractivity contribution < 1.29 is 23.4 Å². The van der Waals surface area contributed by atoms with E-state index in [1.54, 1.807) is 49.1 Å². The molecule has 0 spiro atoms. The van der Waals surface area contributed by atoms with Crippen LogP contribution >= 0.6 is 12.2 Å². The summed E-state index contributed by atoms with van der Waals surface area (Å²) in [5.41, 5.74) is 1.87. The Bertz CT molecular complexity index is 1040. The molecule has 0 aliphatic carbocycles. The molecular formula is C22H21FN2O4S. The zero-order valence-electron chi connectivity index (χ0n) is 16.6. The number of hydrogen-bond acceptors (Lipinski definition) is 5. The van der Waals surface area contributed by atoms with E-state index in [0.29, 0.717) is 52.3 Å². The lowest BCUT2D eigenvalue weighted by Gasteiger charge is -2.37. The molecule has 8 heteroatoms. The summed E-state index contributed by atoms with van der Waals surface area (Å²) in [5, 5.41) is 3.45. The van der Waals surface area contributed by atoms with Gasteiger partial charge in [-0.05, 0) is 44.3 Å². The van der Waals surface area contributed by atoms with Crippen LogP contribution in [-0.2, 0) is 9.53 Å². The van der Waals surface area contributed by atoms with E-state index in [1.165, 1.54) is 6.07 Å². The van der Waals surface area contributed by atoms with Gasteiger partial charge in [0.05, 0.1) is 23.9 Å². The fraction of sp³-hybridized carbons (Fsp3) is 0.273. The summed E-state index contributed by atoms with van der Waals surface area (Å²) in [4.78, 5) is 14.6. The second-order valence-electron chi connectivity index (χ2n) is 6.79. The highest BCUT2D eigenvalue weighted by Gasteiger charge is 2.36. The first-order chi connectivity index (χ1) is 14.5. The number of anilines is 1. The maximum Gasteiger partial charge on any atom is 0.338 e. The van der Waals surface area contributed by atoms with Gasteiger partial charge in [-0.25, -0.2) is 9.18 Å². The minimum Gasteiger partial charge on any atom is -0.486 e. The van der Waals surface area contributed by atoms with Crippen molar-refractivity contribution in [2.45, 2.75) is 19.9 Å². The molecule has 0 amide bonds. The molecule has 156 valence electrons. The lowest BCUT2D eigenvalue weighted by atomic mass is 9.94. The molecule has 2 heterocycles. The van der Waals surface area contributed by atoms with E-state index in [2.05, 4.69) is 5.32 Å². The number of nitrogens with one attached hydrogen (secondary N) is 1. The Morgan fingerprint density at radius 3 is 2.70 bits per heavy atom. The maximum absolute atomic E-state index is 14.6. The third-order valence-corrected chi connectivity index (χ3v) is 5.28. The molecule has 1 unspecified atom stereocenters. The first kappa shape index (κ1) is 20.2. The highest BCUT2D eigenvalue weighted by molar-refractivity contribution is 7.80. The number of carbonyl (C=O) groups is 1. The number of ether oxygens (including phenoxy) is 3. The van der Waals surface area contributed by atoms with Gasteiger partial charge < -0.3 is 19.5 Å². The summed E-state index contributed by atoms with van der Waals surface area (Å²) in [5.74, 6) is 0.293. The minimum atomic E-state index is -0.758. The fourth-order valence-corrected chi connectivity index (χ4v) is 4.00. The summed E-state index contributed by atoms with van der Waals surface area (Å²) >= 11 is 5.60. The first-order valence-corrected chi connectivity index (χ1v) is 10.0. The van der Waals surface area contributed by atoms with Gasteiger partial charge in [0.15, 0.2) is 16.6 Å². The third-order valence-electron chi connectivity index (χ3n) is 4.98. The molecule has 0 saturated carbocycles. The predicted molar refractivity (Wildman–Crippen MR) is 114 cm³/mol. The van der Waals surface area contributed by atoms with Gasteiger partial charge in [-0.2, -0.15) is 0 Å². The largest absolute Gasteiger partial charge is 0.486 e. The molecular weight excluding hydrogens is 407 g/mol. The predicted octanol–water partition coefficient (Wildman–Crippen LogP) is 3.87. The Balaban J connectivity index is 1.82. The van der Waals surface area contributed by atoms with Gasteiger partial charge in [0.2, 0.25) is 0 Å². The van der Waals surface area contributed by atoms with Crippen LogP contribution in [0, 0.1) is 5.82 Å². The summed E-state index contributed by atoms with van der Waals surface area (Å²) in [6, 6.07) is 11.0. The number of allylic oxidation sites excluding steroid dienone is 1. The van der Waals surface area contributed by atoms with Gasteiger partial charge in [0, 0.05) is 17.3 Å². The number of fused-ring (bicyclic) bond motifs is 1. The number of hydrogen-bond donors (Lipinski definition) is 1. The first-order valence-electron chi connectivity index (χ1n) is 9.63. The van der Waals surface area contributed by atoms with Gasteiger partial charge in [-0.3, -0.25) is 4.90 Å². The van der Waals surface area contributed by atoms with Gasteiger partial charge in [0.25, 0.3) is 0 Å². The monoisotopic (exact) mass is 428 g/mol. The molecule has 2 aliphatic rings. The van der Waals surface area contributed by atoms with E-state index in [4.69, 9.17) is 26.4 Å². The van der Waals surface area contributed by atoms with Crippen LogP contribution in [0.15, 0.2) is 53.7 Å². The van der Waals surface area contributed by atoms with Crippen LogP contribution in [0.5, 0.6) is 11.5 Å². The minimum absolute atomic E-state index is 0.202. The van der Waals surface area contributed by atoms with Crippen LogP contribution in [0.1, 0.15) is 25.5 Å². The second kappa shape index (κ2) is 8.31. The van der Waals surface area contributed by atoms with E-state index in [9.17, 15) is 9.18 Å². The summed E-state index contributed by atoms with van der Waals surface area (Å²) in [7, 11) is 0. The van der Waals surface area contributed by atoms with Crippen molar-refractivity contribution in [3.8, 4) is 11.5 Å². The molecule has 0 radical (unpaired) electrons. The average molecular weight is 428 g/mol. The number of rotatable bonds is 4. The normalized spacial score (nSPS) is 18.2. The number of carbonyl (C=O) groups excluding carboxylic acids is 1. The summed E-state index contributed by atoms with van der Waals surface area (Å²) in [6.45, 7) is 4.65. The van der Waals surface area contributed by atoms with E-state index in [1.807, 2.05) is 6.07 Å². The highest BCUT2D eigenvalue weighted by Crippen LogP contribution is 2.39. The lowest BCUT2D eigenvalue weighted by Crippen LogP contribution is -2.48. The van der Waals surface area contributed by atoms with Crippen LogP contribution < -0.4 is 19.7 Å². The summed E-state index contributed by atoms with van der Waals surface area (Å²) < 4.78 is 31.1. The molecule has 0 aromatic heterocycles. The van der Waals surface area contributed by atoms with Crippen LogP contribution in [0.4, 0.5) is 10.1 Å². The Morgan fingerprint density at radius 2 is 1.97 bits per heavy atom. The van der Waals surface area contributed by atoms with Crippen molar-refractivity contribution in [3.05, 3.63) is 65.1 Å². The SMILES string of the molecule is CCOC(=O)C1=C(C)N(c2ccc3c(c2)OCCO3)C(=S)NC1c1ccccc1F. The molecule has 30 heavy (non-hydrogen) atoms. The molecule has 2 aromatic rings. The Kier molecular flexibility index (Phi) is 5.59. The van der Waals surface area contributed by atoms with Crippen LogP contribution in [0.2, 0.25) is 0 Å². The molecule has 2 aromatic carbocycles. The van der Waals surface area contributed by atoms with Crippen molar-refractivity contribution in [2.75, 3.05) is 24.7 Å². The van der Waals surface area contributed by atoms with Crippen LogP contribution in [0.25, 0.3) is 0 Å². The van der Waals surface area contributed by atoms with Gasteiger partial charge in [-0.1, -0.05) is 18.2 Å². The second-order valence-corrected chi connectivity index (χ2v) is 7.17. The van der Waals surface area contributed by atoms with Gasteiger partial charge >= 0.3 is 5.97 Å². The Hall–Kier alpha value is -3.13. The third kappa shape index (κ3) is 3.59. The van der Waals surface area contributed by atoms with E-state index in [-0.39, 0.29) is 6.61 Å². The molecule has 4 rings (SSSR count). The lowest BCUT2D eigenvalue weighted by molar-refractivity contribution is -0.139. The van der Waals surface area contributed by atoms with Crippen molar-refractivity contribution in [3.63, 3.8) is 0 Å². The number of esters is 1. The number of benzene rings is 2. The number of nitrogens with zero attached hydrogens (tertiary/aromatic N) is 1. The molecule has 0 fully saturated rings. The van der Waals surface area contributed by atoms with Crippen molar-refractivity contribution in [1.29, 1.82) is 0 Å². The van der Waals surface area contributed by atoms with Crippen molar-refractivity contribution in [2.24, 2.45) is 0 Å². The molecule has 0 bridgehead atoms. The number of thiocarbonyl (C=S) groups is 1. The summed E-state index contributed by atoms with van der Waals surface area (Å²) in [6.07, 6.45) is 0. The standard InChI is InChI=1S/C22H21FN2O4S/c1-3-27-21(26)19-13(2)25(14-8-9-17-18(12-14)29-11-10-28-17)22(30)24-20(19)15-6-4-5-7-16(15)23/h4-9,12,20H,3,10-11H2,1-2H3,(H,24,30). The van der Waals surface area contributed by atoms with Crippen molar-refractivity contribution >= 4 is 29.0 Å². The maximum atomic E-state index is 14.6.